The second kappa shape index (κ2) is 5.35. The van der Waals surface area contributed by atoms with Crippen LogP contribution in [0, 0.1) is 16.2 Å². The number of hydrogen-bond donors (Lipinski definition) is 0. The quantitative estimate of drug-likeness (QED) is 0.609. The summed E-state index contributed by atoms with van der Waals surface area (Å²) in [5.74, 6) is 0.293. The average molecular weight is 274 g/mol. The second-order valence-electron chi connectivity index (χ2n) is 8.02. The van der Waals surface area contributed by atoms with Gasteiger partial charge >= 0.3 is 0 Å². The highest BCUT2D eigenvalue weighted by atomic mass is 16.1. The van der Waals surface area contributed by atoms with Crippen molar-refractivity contribution >= 4 is 5.78 Å². The van der Waals surface area contributed by atoms with Crippen LogP contribution in [0.4, 0.5) is 0 Å². The molecule has 1 unspecified atom stereocenters. The number of carbonyl (C=O) groups is 1. The van der Waals surface area contributed by atoms with Crippen LogP contribution >= 0.6 is 0 Å². The summed E-state index contributed by atoms with van der Waals surface area (Å²) in [7, 11) is 0. The van der Waals surface area contributed by atoms with Gasteiger partial charge < -0.3 is 0 Å². The predicted octanol–water partition coefficient (Wildman–Crippen LogP) is 5.49. The van der Waals surface area contributed by atoms with Crippen LogP contribution in [0.2, 0.25) is 0 Å². The minimum Gasteiger partial charge on any atom is -0.294 e. The van der Waals surface area contributed by atoms with Crippen molar-refractivity contribution in [3.05, 3.63) is 35.5 Å². The predicted molar refractivity (Wildman–Crippen MR) is 87.6 cm³/mol. The van der Waals surface area contributed by atoms with Crippen molar-refractivity contribution in [2.75, 3.05) is 0 Å². The highest BCUT2D eigenvalue weighted by Crippen LogP contribution is 2.50. The Morgan fingerprint density at radius 2 is 1.70 bits per heavy atom. The molecule has 1 atom stereocenters. The van der Waals surface area contributed by atoms with Crippen LogP contribution in [0.3, 0.4) is 0 Å². The zero-order valence-electron chi connectivity index (χ0n) is 14.4. The van der Waals surface area contributed by atoms with Crippen molar-refractivity contribution < 1.29 is 4.79 Å². The van der Waals surface area contributed by atoms with Crippen molar-refractivity contribution in [2.45, 2.75) is 61.8 Å². The van der Waals surface area contributed by atoms with E-state index in [1.807, 2.05) is 13.0 Å². The van der Waals surface area contributed by atoms with Crippen LogP contribution in [0.1, 0.15) is 61.8 Å². The highest BCUT2D eigenvalue weighted by molar-refractivity contribution is 6.04. The first-order chi connectivity index (χ1) is 8.95. The summed E-state index contributed by atoms with van der Waals surface area (Å²) in [6, 6.07) is 0. The molecule has 0 spiro atoms. The van der Waals surface area contributed by atoms with E-state index in [9.17, 15) is 4.79 Å². The monoisotopic (exact) mass is 274 g/mol. The van der Waals surface area contributed by atoms with Gasteiger partial charge in [0.25, 0.3) is 0 Å². The van der Waals surface area contributed by atoms with Gasteiger partial charge in [-0.15, -0.1) is 0 Å². The van der Waals surface area contributed by atoms with E-state index in [-0.39, 0.29) is 10.8 Å². The number of ketones is 1. The minimum absolute atomic E-state index is 0.102. The first-order valence-corrected chi connectivity index (χ1v) is 7.53. The normalized spacial score (nSPS) is 24.9. The van der Waals surface area contributed by atoms with E-state index < -0.39 is 5.41 Å². The Labute approximate surface area is 124 Å². The van der Waals surface area contributed by atoms with Crippen molar-refractivity contribution in [2.24, 2.45) is 16.2 Å². The van der Waals surface area contributed by atoms with Gasteiger partial charge in [-0.3, -0.25) is 4.79 Å². The summed E-state index contributed by atoms with van der Waals surface area (Å²) < 4.78 is 0. The molecule has 0 heterocycles. The maximum Gasteiger partial charge on any atom is 0.170 e. The van der Waals surface area contributed by atoms with Gasteiger partial charge in [-0.05, 0) is 31.1 Å². The third-order valence-electron chi connectivity index (χ3n) is 4.32. The van der Waals surface area contributed by atoms with E-state index in [2.05, 4.69) is 66.7 Å². The number of Topliss-reactive ketones (excluding diaryl/α,β-unsaturated/α-hetero) is 1. The van der Waals surface area contributed by atoms with E-state index >= 15 is 0 Å². The third-order valence-corrected chi connectivity index (χ3v) is 4.32. The van der Waals surface area contributed by atoms with E-state index in [1.165, 1.54) is 5.57 Å². The Kier molecular flexibility index (Phi) is 4.53. The molecule has 1 rings (SSSR count). The van der Waals surface area contributed by atoms with Crippen LogP contribution in [0.5, 0.6) is 0 Å². The second-order valence-corrected chi connectivity index (χ2v) is 8.02. The lowest BCUT2D eigenvalue weighted by Gasteiger charge is -2.45. The maximum absolute atomic E-state index is 13.2. The van der Waals surface area contributed by atoms with Crippen molar-refractivity contribution in [3.63, 3.8) is 0 Å². The molecular weight excluding hydrogens is 244 g/mol. The number of rotatable bonds is 2. The van der Waals surface area contributed by atoms with E-state index in [1.54, 1.807) is 0 Å². The fourth-order valence-corrected chi connectivity index (χ4v) is 2.91. The average Bonchev–Trinajstić information content (AvgIpc) is 2.26. The molecular formula is C19H30O. The first-order valence-electron chi connectivity index (χ1n) is 7.53. The molecule has 0 fully saturated rings. The van der Waals surface area contributed by atoms with Gasteiger partial charge in [0, 0.05) is 5.57 Å². The molecule has 1 aliphatic rings. The Bertz CT molecular complexity index is 475. The molecule has 0 aliphatic heterocycles. The van der Waals surface area contributed by atoms with E-state index in [0.29, 0.717) is 5.78 Å². The molecule has 0 saturated heterocycles. The zero-order valence-corrected chi connectivity index (χ0v) is 14.4. The molecule has 0 aromatic carbocycles. The smallest absolute Gasteiger partial charge is 0.170 e. The Balaban J connectivity index is 3.48. The third kappa shape index (κ3) is 2.97. The summed E-state index contributed by atoms with van der Waals surface area (Å²) in [6.07, 6.45) is 9.20. The topological polar surface area (TPSA) is 17.1 Å². The Morgan fingerprint density at radius 1 is 1.15 bits per heavy atom. The molecule has 1 nitrogen and oxygen atoms in total. The molecule has 0 radical (unpaired) electrons. The largest absolute Gasteiger partial charge is 0.294 e. The summed E-state index contributed by atoms with van der Waals surface area (Å²) in [4.78, 5) is 13.2. The lowest BCUT2D eigenvalue weighted by atomic mass is 9.56. The molecule has 0 saturated carbocycles. The van der Waals surface area contributed by atoms with E-state index in [4.69, 9.17) is 0 Å². The number of hydrogen-bond acceptors (Lipinski definition) is 1. The lowest BCUT2D eigenvalue weighted by Crippen LogP contribution is -2.45. The Hall–Kier alpha value is -1.11. The molecule has 1 aliphatic carbocycles. The maximum atomic E-state index is 13.2. The van der Waals surface area contributed by atoms with Gasteiger partial charge in [-0.2, -0.15) is 0 Å². The van der Waals surface area contributed by atoms with Crippen molar-refractivity contribution in [1.29, 1.82) is 0 Å². The Morgan fingerprint density at radius 3 is 2.10 bits per heavy atom. The van der Waals surface area contributed by atoms with Crippen LogP contribution in [0.15, 0.2) is 35.5 Å². The molecule has 0 aromatic heterocycles. The summed E-state index contributed by atoms with van der Waals surface area (Å²) >= 11 is 0. The molecule has 20 heavy (non-hydrogen) atoms. The molecule has 1 heteroatoms. The zero-order chi connectivity index (χ0) is 15.8. The summed E-state index contributed by atoms with van der Waals surface area (Å²) in [6.45, 7) is 17.0. The highest BCUT2D eigenvalue weighted by Gasteiger charge is 2.49. The lowest BCUT2D eigenvalue weighted by molar-refractivity contribution is -0.128. The molecule has 0 aromatic rings. The van der Waals surface area contributed by atoms with Crippen LogP contribution in [-0.2, 0) is 4.79 Å². The van der Waals surface area contributed by atoms with Gasteiger partial charge in [-0.1, -0.05) is 71.4 Å². The van der Waals surface area contributed by atoms with E-state index in [0.717, 1.165) is 12.0 Å². The summed E-state index contributed by atoms with van der Waals surface area (Å²) in [5.41, 5.74) is 1.51. The SMILES string of the molecule is C/C=C/CC1(C(C)(C)C)C=C(C)C=C(C(C)(C)C)C1=O. The molecule has 0 N–H and O–H groups in total. The number of allylic oxidation sites excluding steroid dienone is 6. The van der Waals surface area contributed by atoms with Gasteiger partial charge in [0.2, 0.25) is 0 Å². The fraction of sp³-hybridized carbons (Fsp3) is 0.632. The standard InChI is InChI=1S/C19H30O/c1-9-10-11-19(18(6,7)8)13-14(2)12-15(16(19)20)17(3,4)5/h9-10,12-13H,11H2,1-8H3/b10-9+. The minimum atomic E-state index is -0.430. The van der Waals surface area contributed by atoms with Crippen LogP contribution < -0.4 is 0 Å². The first kappa shape index (κ1) is 16.9. The van der Waals surface area contributed by atoms with Crippen LogP contribution in [-0.4, -0.2) is 5.78 Å². The van der Waals surface area contributed by atoms with Gasteiger partial charge in [0.05, 0.1) is 5.41 Å². The molecule has 0 amide bonds. The van der Waals surface area contributed by atoms with Crippen molar-refractivity contribution in [1.82, 2.24) is 0 Å². The van der Waals surface area contributed by atoms with Gasteiger partial charge in [0.15, 0.2) is 5.78 Å². The number of carbonyl (C=O) groups excluding carboxylic acids is 1. The molecule has 112 valence electrons. The van der Waals surface area contributed by atoms with Crippen molar-refractivity contribution in [3.8, 4) is 0 Å². The van der Waals surface area contributed by atoms with Gasteiger partial charge in [0.1, 0.15) is 0 Å². The fourth-order valence-electron chi connectivity index (χ4n) is 2.91. The van der Waals surface area contributed by atoms with Crippen LogP contribution in [0.25, 0.3) is 0 Å². The summed E-state index contributed by atoms with van der Waals surface area (Å²) in [5, 5.41) is 0. The van der Waals surface area contributed by atoms with Gasteiger partial charge in [-0.25, -0.2) is 0 Å². The molecule has 0 bridgehead atoms.